The molecular formula is C17H16F4N2O2. The number of aliphatic carboxylic acids is 1. The van der Waals surface area contributed by atoms with Gasteiger partial charge in [-0.1, -0.05) is 12.1 Å². The van der Waals surface area contributed by atoms with Gasteiger partial charge < -0.3 is 5.11 Å². The molecule has 0 saturated heterocycles. The number of aryl methyl sites for hydroxylation is 1. The van der Waals surface area contributed by atoms with Crippen molar-refractivity contribution in [2.75, 3.05) is 0 Å². The summed E-state index contributed by atoms with van der Waals surface area (Å²) in [6.07, 6.45) is -3.78. The highest BCUT2D eigenvalue weighted by atomic mass is 19.4. The number of carboxylic acids is 1. The van der Waals surface area contributed by atoms with Crippen molar-refractivity contribution in [1.82, 2.24) is 9.78 Å². The van der Waals surface area contributed by atoms with Crippen LogP contribution in [0.15, 0.2) is 18.2 Å². The van der Waals surface area contributed by atoms with Crippen molar-refractivity contribution in [3.63, 3.8) is 0 Å². The van der Waals surface area contributed by atoms with Crippen LogP contribution < -0.4 is 0 Å². The molecule has 134 valence electrons. The topological polar surface area (TPSA) is 55.1 Å². The maximum atomic E-state index is 13.9. The maximum Gasteiger partial charge on any atom is 0.408 e. The second kappa shape index (κ2) is 6.16. The molecule has 1 unspecified atom stereocenters. The van der Waals surface area contributed by atoms with E-state index in [2.05, 4.69) is 5.10 Å². The molecule has 1 aliphatic carbocycles. The first-order valence-corrected chi connectivity index (χ1v) is 7.81. The van der Waals surface area contributed by atoms with Crippen LogP contribution in [0.2, 0.25) is 0 Å². The first kappa shape index (κ1) is 17.4. The summed E-state index contributed by atoms with van der Waals surface area (Å²) in [7, 11) is 0. The van der Waals surface area contributed by atoms with Crippen molar-refractivity contribution in [1.29, 1.82) is 0 Å². The molecule has 25 heavy (non-hydrogen) atoms. The summed E-state index contributed by atoms with van der Waals surface area (Å²) < 4.78 is 53.6. The average molecular weight is 356 g/mol. The van der Waals surface area contributed by atoms with Gasteiger partial charge in [-0.25, -0.2) is 4.39 Å². The zero-order valence-corrected chi connectivity index (χ0v) is 13.4. The Bertz CT molecular complexity index is 827. The van der Waals surface area contributed by atoms with Crippen LogP contribution >= 0.6 is 0 Å². The molecule has 1 atom stereocenters. The lowest BCUT2D eigenvalue weighted by atomic mass is 9.85. The fourth-order valence-corrected chi connectivity index (χ4v) is 3.28. The number of halogens is 4. The van der Waals surface area contributed by atoms with Gasteiger partial charge in [0.25, 0.3) is 0 Å². The molecule has 1 heterocycles. The second-order valence-corrected chi connectivity index (χ2v) is 6.24. The van der Waals surface area contributed by atoms with Crippen molar-refractivity contribution in [2.45, 2.75) is 38.9 Å². The summed E-state index contributed by atoms with van der Waals surface area (Å²) in [6.45, 7) is 0.183. The summed E-state index contributed by atoms with van der Waals surface area (Å²) in [6, 6.07) is 4.19. The normalized spacial score (nSPS) is 17.4. The molecule has 1 aromatic carbocycles. The second-order valence-electron chi connectivity index (χ2n) is 6.24. The van der Waals surface area contributed by atoms with E-state index in [1.807, 2.05) is 0 Å². The Labute approximate surface area is 141 Å². The van der Waals surface area contributed by atoms with Gasteiger partial charge in [0.15, 0.2) is 0 Å². The van der Waals surface area contributed by atoms with Crippen molar-refractivity contribution in [3.05, 3.63) is 40.8 Å². The van der Waals surface area contributed by atoms with Gasteiger partial charge in [-0.2, -0.15) is 18.3 Å². The molecule has 1 N–H and O–H groups in total. The standard InChI is InChI=1S/C17H16F4N2O2/c1-9-11(3-2-4-13(9)18)15-12-7-10(16(24)25)5-6-14(12)22-23(15)8-17(19,20)21/h2-4,10H,5-8H2,1H3,(H,24,25). The minimum Gasteiger partial charge on any atom is -0.481 e. The van der Waals surface area contributed by atoms with Gasteiger partial charge in [-0.05, 0) is 37.8 Å². The molecule has 0 amide bonds. The maximum absolute atomic E-state index is 13.9. The fraction of sp³-hybridized carbons (Fsp3) is 0.412. The highest BCUT2D eigenvalue weighted by Gasteiger charge is 2.35. The lowest BCUT2D eigenvalue weighted by molar-refractivity contribution is -0.143. The van der Waals surface area contributed by atoms with E-state index >= 15 is 0 Å². The third-order valence-corrected chi connectivity index (χ3v) is 4.51. The molecule has 2 aromatic rings. The van der Waals surface area contributed by atoms with E-state index in [0.717, 1.165) is 4.68 Å². The van der Waals surface area contributed by atoms with E-state index < -0.39 is 30.4 Å². The van der Waals surface area contributed by atoms with Crippen molar-refractivity contribution in [2.24, 2.45) is 5.92 Å². The molecule has 0 spiro atoms. The number of hydrogen-bond donors (Lipinski definition) is 1. The van der Waals surface area contributed by atoms with Crippen LogP contribution in [0.25, 0.3) is 11.3 Å². The number of hydrogen-bond acceptors (Lipinski definition) is 2. The smallest absolute Gasteiger partial charge is 0.408 e. The molecule has 1 aliphatic rings. The number of aromatic nitrogens is 2. The molecule has 0 bridgehead atoms. The molecule has 0 fully saturated rings. The Balaban J connectivity index is 2.18. The third-order valence-electron chi connectivity index (χ3n) is 4.51. The Morgan fingerprint density at radius 3 is 2.76 bits per heavy atom. The Kier molecular flexibility index (Phi) is 4.30. The predicted octanol–water partition coefficient (Wildman–Crippen LogP) is 3.75. The predicted molar refractivity (Wildman–Crippen MR) is 81.6 cm³/mol. The molecule has 0 saturated carbocycles. The van der Waals surface area contributed by atoms with Gasteiger partial charge in [0, 0.05) is 11.1 Å². The minimum absolute atomic E-state index is 0.0911. The number of carboxylic acid groups (broad SMARTS) is 1. The number of alkyl halides is 3. The Morgan fingerprint density at radius 2 is 2.12 bits per heavy atom. The summed E-state index contributed by atoms with van der Waals surface area (Å²) in [5.74, 6) is -2.20. The van der Waals surface area contributed by atoms with Crippen LogP contribution in [-0.4, -0.2) is 27.0 Å². The SMILES string of the molecule is Cc1c(F)cccc1-c1c2c(nn1CC(F)(F)F)CCC(C(=O)O)C2. The number of rotatable bonds is 3. The van der Waals surface area contributed by atoms with Crippen LogP contribution in [0.3, 0.4) is 0 Å². The third kappa shape index (κ3) is 3.38. The summed E-state index contributed by atoms with van der Waals surface area (Å²) in [5.41, 5.74) is 1.61. The van der Waals surface area contributed by atoms with E-state index in [1.54, 1.807) is 0 Å². The summed E-state index contributed by atoms with van der Waals surface area (Å²) in [4.78, 5) is 11.3. The first-order valence-electron chi connectivity index (χ1n) is 7.81. The average Bonchev–Trinajstić information content (AvgIpc) is 2.84. The largest absolute Gasteiger partial charge is 0.481 e. The summed E-state index contributed by atoms with van der Waals surface area (Å²) >= 11 is 0. The highest BCUT2D eigenvalue weighted by Crippen LogP contribution is 2.37. The molecule has 3 rings (SSSR count). The number of benzene rings is 1. The number of nitrogens with zero attached hydrogens (tertiary/aromatic N) is 2. The molecule has 8 heteroatoms. The Morgan fingerprint density at radius 1 is 1.40 bits per heavy atom. The Hall–Kier alpha value is -2.38. The number of carbonyl (C=O) groups is 1. The first-order chi connectivity index (χ1) is 11.7. The lowest BCUT2D eigenvalue weighted by Gasteiger charge is -2.19. The zero-order valence-electron chi connectivity index (χ0n) is 13.4. The van der Waals surface area contributed by atoms with Gasteiger partial charge in [-0.3, -0.25) is 9.48 Å². The van der Waals surface area contributed by atoms with Gasteiger partial charge in [0.2, 0.25) is 0 Å². The quantitative estimate of drug-likeness (QED) is 0.853. The molecule has 0 aliphatic heterocycles. The van der Waals surface area contributed by atoms with Gasteiger partial charge >= 0.3 is 12.1 Å². The molecule has 1 aromatic heterocycles. The van der Waals surface area contributed by atoms with E-state index in [4.69, 9.17) is 0 Å². The highest BCUT2D eigenvalue weighted by molar-refractivity contribution is 5.74. The minimum atomic E-state index is -4.49. The van der Waals surface area contributed by atoms with Crippen LogP contribution in [-0.2, 0) is 24.2 Å². The van der Waals surface area contributed by atoms with Crippen LogP contribution in [0.1, 0.15) is 23.2 Å². The van der Waals surface area contributed by atoms with Crippen molar-refractivity contribution >= 4 is 5.97 Å². The van der Waals surface area contributed by atoms with E-state index in [9.17, 15) is 27.5 Å². The van der Waals surface area contributed by atoms with Crippen molar-refractivity contribution < 1.29 is 27.5 Å². The monoisotopic (exact) mass is 356 g/mol. The van der Waals surface area contributed by atoms with E-state index in [-0.39, 0.29) is 17.7 Å². The van der Waals surface area contributed by atoms with Crippen LogP contribution in [0, 0.1) is 18.7 Å². The summed E-state index contributed by atoms with van der Waals surface area (Å²) in [5, 5.41) is 13.3. The van der Waals surface area contributed by atoms with Crippen LogP contribution in [0.5, 0.6) is 0 Å². The van der Waals surface area contributed by atoms with Gasteiger partial charge in [-0.15, -0.1) is 0 Å². The van der Waals surface area contributed by atoms with E-state index in [1.165, 1.54) is 25.1 Å². The van der Waals surface area contributed by atoms with Crippen molar-refractivity contribution in [3.8, 4) is 11.3 Å². The van der Waals surface area contributed by atoms with E-state index in [0.29, 0.717) is 29.7 Å². The number of fused-ring (bicyclic) bond motifs is 1. The lowest BCUT2D eigenvalue weighted by Crippen LogP contribution is -2.22. The van der Waals surface area contributed by atoms with Gasteiger partial charge in [0.1, 0.15) is 12.4 Å². The molecule has 0 radical (unpaired) electrons. The fourth-order valence-electron chi connectivity index (χ4n) is 3.28. The molecular weight excluding hydrogens is 340 g/mol. The van der Waals surface area contributed by atoms with Crippen LogP contribution in [0.4, 0.5) is 17.6 Å². The molecule has 4 nitrogen and oxygen atoms in total. The van der Waals surface area contributed by atoms with Gasteiger partial charge in [0.05, 0.1) is 17.3 Å². The zero-order chi connectivity index (χ0) is 18.4.